The Hall–Kier alpha value is -0.0800. The molecule has 0 aromatic heterocycles. The van der Waals surface area contributed by atoms with E-state index >= 15 is 0 Å². The molecule has 1 aliphatic heterocycles. The molecule has 14 heavy (non-hydrogen) atoms. The third kappa shape index (κ3) is 2.29. The molecule has 0 amide bonds. The number of hydrogen-bond acceptors (Lipinski definition) is 2. The van der Waals surface area contributed by atoms with E-state index in [-0.39, 0.29) is 0 Å². The summed E-state index contributed by atoms with van der Waals surface area (Å²) in [5, 5.41) is 3.67. The lowest BCUT2D eigenvalue weighted by atomic mass is 9.90. The predicted molar refractivity (Wildman–Crippen MR) is 58.3 cm³/mol. The van der Waals surface area contributed by atoms with Gasteiger partial charge in [-0.2, -0.15) is 0 Å². The zero-order chi connectivity index (χ0) is 9.97. The number of rotatable bonds is 4. The summed E-state index contributed by atoms with van der Waals surface area (Å²) in [6.45, 7) is 6.69. The monoisotopic (exact) mass is 197 g/mol. The first-order chi connectivity index (χ1) is 6.77. The highest BCUT2D eigenvalue weighted by atomic mass is 16.5. The molecule has 0 aromatic carbocycles. The molecule has 1 N–H and O–H groups in total. The van der Waals surface area contributed by atoms with E-state index in [4.69, 9.17) is 4.74 Å². The molecule has 2 unspecified atom stereocenters. The minimum atomic E-state index is 0.502. The van der Waals surface area contributed by atoms with Crippen molar-refractivity contribution in [3.63, 3.8) is 0 Å². The van der Waals surface area contributed by atoms with Gasteiger partial charge in [0.05, 0.1) is 6.10 Å². The molecular formula is C12H23NO. The van der Waals surface area contributed by atoms with Gasteiger partial charge in [0, 0.05) is 19.2 Å². The van der Waals surface area contributed by atoms with E-state index in [9.17, 15) is 0 Å². The van der Waals surface area contributed by atoms with Gasteiger partial charge in [-0.1, -0.05) is 20.3 Å². The Labute approximate surface area is 87.4 Å². The maximum atomic E-state index is 5.77. The van der Waals surface area contributed by atoms with Crippen molar-refractivity contribution in [3.8, 4) is 0 Å². The van der Waals surface area contributed by atoms with Crippen LogP contribution in [0.4, 0.5) is 0 Å². The van der Waals surface area contributed by atoms with Crippen molar-refractivity contribution in [2.24, 2.45) is 11.8 Å². The minimum absolute atomic E-state index is 0.502. The van der Waals surface area contributed by atoms with Crippen LogP contribution in [0.3, 0.4) is 0 Å². The maximum Gasteiger partial charge on any atom is 0.0639 e. The summed E-state index contributed by atoms with van der Waals surface area (Å²) in [6.07, 6.45) is 5.96. The van der Waals surface area contributed by atoms with Gasteiger partial charge in [-0.05, 0) is 31.1 Å². The van der Waals surface area contributed by atoms with Gasteiger partial charge in [0.1, 0.15) is 0 Å². The Bertz CT molecular complexity index is 177. The normalized spacial score (nSPS) is 33.6. The van der Waals surface area contributed by atoms with Crippen molar-refractivity contribution in [2.75, 3.05) is 13.2 Å². The molecular weight excluding hydrogens is 174 g/mol. The first kappa shape index (κ1) is 10.4. The summed E-state index contributed by atoms with van der Waals surface area (Å²) < 4.78 is 5.77. The Morgan fingerprint density at radius 1 is 1.29 bits per heavy atom. The van der Waals surface area contributed by atoms with Gasteiger partial charge < -0.3 is 10.1 Å². The van der Waals surface area contributed by atoms with E-state index in [1.807, 2.05) is 0 Å². The van der Waals surface area contributed by atoms with Crippen LogP contribution in [0.5, 0.6) is 0 Å². The second-order valence-corrected chi connectivity index (χ2v) is 5.16. The second kappa shape index (κ2) is 4.63. The van der Waals surface area contributed by atoms with Gasteiger partial charge in [-0.15, -0.1) is 0 Å². The highest BCUT2D eigenvalue weighted by molar-refractivity contribution is 4.83. The van der Waals surface area contributed by atoms with Crippen molar-refractivity contribution >= 4 is 0 Å². The lowest BCUT2D eigenvalue weighted by Crippen LogP contribution is -2.40. The van der Waals surface area contributed by atoms with Gasteiger partial charge in [0.15, 0.2) is 0 Å². The summed E-state index contributed by atoms with van der Waals surface area (Å²) >= 11 is 0. The molecule has 2 atom stereocenters. The number of nitrogens with one attached hydrogen (secondary N) is 1. The standard InChI is InChI=1S/C12H23NO/c1-9(2)12-10(6-7-14-12)8-13-11-4-3-5-11/h9-13H,3-8H2,1-2H3. The molecule has 1 aliphatic carbocycles. The number of ether oxygens (including phenoxy) is 1. The average Bonchev–Trinajstić information content (AvgIpc) is 2.49. The molecule has 2 heteroatoms. The van der Waals surface area contributed by atoms with Crippen LogP contribution >= 0.6 is 0 Å². The van der Waals surface area contributed by atoms with Crippen LogP contribution < -0.4 is 5.32 Å². The fourth-order valence-electron chi connectivity index (χ4n) is 2.54. The van der Waals surface area contributed by atoms with Crippen LogP contribution in [-0.2, 0) is 4.74 Å². The highest BCUT2D eigenvalue weighted by Gasteiger charge is 2.31. The van der Waals surface area contributed by atoms with Crippen LogP contribution in [0.25, 0.3) is 0 Å². The lowest BCUT2D eigenvalue weighted by molar-refractivity contribution is 0.0527. The van der Waals surface area contributed by atoms with Crippen molar-refractivity contribution in [2.45, 2.75) is 51.7 Å². The quantitative estimate of drug-likeness (QED) is 0.746. The van der Waals surface area contributed by atoms with Crippen molar-refractivity contribution < 1.29 is 4.74 Å². The fraction of sp³-hybridized carbons (Fsp3) is 1.00. The maximum absolute atomic E-state index is 5.77. The summed E-state index contributed by atoms with van der Waals surface area (Å²) in [5.74, 6) is 1.43. The zero-order valence-corrected chi connectivity index (χ0v) is 9.46. The Morgan fingerprint density at radius 3 is 2.64 bits per heavy atom. The first-order valence-corrected chi connectivity index (χ1v) is 6.12. The molecule has 82 valence electrons. The molecule has 2 fully saturated rings. The molecule has 0 aromatic rings. The zero-order valence-electron chi connectivity index (χ0n) is 9.46. The fourth-order valence-corrected chi connectivity index (χ4v) is 2.54. The van der Waals surface area contributed by atoms with Gasteiger partial charge in [-0.3, -0.25) is 0 Å². The van der Waals surface area contributed by atoms with Crippen LogP contribution in [-0.4, -0.2) is 25.3 Å². The summed E-state index contributed by atoms with van der Waals surface area (Å²) in [4.78, 5) is 0. The van der Waals surface area contributed by atoms with E-state index in [2.05, 4.69) is 19.2 Å². The molecule has 1 saturated carbocycles. The van der Waals surface area contributed by atoms with Gasteiger partial charge in [0.25, 0.3) is 0 Å². The molecule has 2 aliphatic rings. The molecule has 1 heterocycles. The van der Waals surface area contributed by atoms with Crippen molar-refractivity contribution in [1.82, 2.24) is 5.32 Å². The van der Waals surface area contributed by atoms with Crippen molar-refractivity contribution in [1.29, 1.82) is 0 Å². The van der Waals surface area contributed by atoms with Gasteiger partial charge >= 0.3 is 0 Å². The minimum Gasteiger partial charge on any atom is -0.378 e. The Balaban J connectivity index is 1.72. The van der Waals surface area contributed by atoms with E-state index in [0.29, 0.717) is 12.0 Å². The van der Waals surface area contributed by atoms with Crippen LogP contribution in [0.15, 0.2) is 0 Å². The summed E-state index contributed by atoms with van der Waals surface area (Å²) in [7, 11) is 0. The average molecular weight is 197 g/mol. The van der Waals surface area contributed by atoms with Crippen LogP contribution in [0, 0.1) is 11.8 Å². The Kier molecular flexibility index (Phi) is 3.45. The number of hydrogen-bond donors (Lipinski definition) is 1. The third-order valence-corrected chi connectivity index (χ3v) is 3.69. The van der Waals surface area contributed by atoms with E-state index in [1.165, 1.54) is 32.2 Å². The van der Waals surface area contributed by atoms with Gasteiger partial charge in [0.2, 0.25) is 0 Å². The second-order valence-electron chi connectivity index (χ2n) is 5.16. The molecule has 1 saturated heterocycles. The third-order valence-electron chi connectivity index (χ3n) is 3.69. The molecule has 2 rings (SSSR count). The summed E-state index contributed by atoms with van der Waals surface area (Å²) in [5.41, 5.74) is 0. The first-order valence-electron chi connectivity index (χ1n) is 6.12. The molecule has 0 bridgehead atoms. The Morgan fingerprint density at radius 2 is 2.07 bits per heavy atom. The SMILES string of the molecule is CC(C)C1OCCC1CNC1CCC1. The summed E-state index contributed by atoms with van der Waals surface area (Å²) in [6, 6.07) is 0.823. The highest BCUT2D eigenvalue weighted by Crippen LogP contribution is 2.27. The molecule has 0 spiro atoms. The topological polar surface area (TPSA) is 21.3 Å². The van der Waals surface area contributed by atoms with Crippen LogP contribution in [0.1, 0.15) is 39.5 Å². The van der Waals surface area contributed by atoms with Gasteiger partial charge in [-0.25, -0.2) is 0 Å². The van der Waals surface area contributed by atoms with E-state index < -0.39 is 0 Å². The van der Waals surface area contributed by atoms with Crippen LogP contribution in [0.2, 0.25) is 0 Å². The van der Waals surface area contributed by atoms with E-state index in [0.717, 1.165) is 18.6 Å². The molecule has 0 radical (unpaired) electrons. The lowest BCUT2D eigenvalue weighted by Gasteiger charge is -2.30. The predicted octanol–water partition coefficient (Wildman–Crippen LogP) is 2.19. The van der Waals surface area contributed by atoms with E-state index in [1.54, 1.807) is 0 Å². The largest absolute Gasteiger partial charge is 0.378 e. The smallest absolute Gasteiger partial charge is 0.0639 e. The van der Waals surface area contributed by atoms with Crippen molar-refractivity contribution in [3.05, 3.63) is 0 Å². The molecule has 2 nitrogen and oxygen atoms in total.